The Bertz CT molecular complexity index is 577. The van der Waals surface area contributed by atoms with E-state index in [1.165, 1.54) is 18.3 Å². The Balaban J connectivity index is 2.16. The minimum Gasteiger partial charge on any atom is -0.319 e. The molecule has 18 heavy (non-hydrogen) atoms. The van der Waals surface area contributed by atoms with Gasteiger partial charge in [0.15, 0.2) is 0 Å². The van der Waals surface area contributed by atoms with Crippen LogP contribution in [0.2, 0.25) is 0 Å². The van der Waals surface area contributed by atoms with E-state index in [1.807, 2.05) is 6.92 Å². The number of anilines is 1. The molecule has 0 saturated carbocycles. The standard InChI is InChI=1S/C13H14FN3O/c1-3-17-8-10(7-15-17)16-13(18)11-5-4-9(2)6-12(11)14/h4-8H,3H2,1-2H3,(H,16,18). The maximum absolute atomic E-state index is 13.6. The summed E-state index contributed by atoms with van der Waals surface area (Å²) in [6.45, 7) is 4.43. The van der Waals surface area contributed by atoms with Crippen LogP contribution in [0, 0.1) is 12.7 Å². The summed E-state index contributed by atoms with van der Waals surface area (Å²) in [6, 6.07) is 4.52. The first-order chi connectivity index (χ1) is 8.60. The summed E-state index contributed by atoms with van der Waals surface area (Å²) in [5.41, 5.74) is 1.37. The average Bonchev–Trinajstić information content (AvgIpc) is 2.76. The Morgan fingerprint density at radius 1 is 1.50 bits per heavy atom. The molecule has 4 nitrogen and oxygen atoms in total. The van der Waals surface area contributed by atoms with Crippen molar-refractivity contribution in [2.75, 3.05) is 5.32 Å². The third-order valence-corrected chi connectivity index (χ3v) is 2.58. The molecule has 0 atom stereocenters. The van der Waals surface area contributed by atoms with Gasteiger partial charge in [-0.2, -0.15) is 5.10 Å². The summed E-state index contributed by atoms with van der Waals surface area (Å²) >= 11 is 0. The van der Waals surface area contributed by atoms with Gasteiger partial charge < -0.3 is 5.32 Å². The molecule has 0 radical (unpaired) electrons. The number of nitrogens with one attached hydrogen (secondary N) is 1. The van der Waals surface area contributed by atoms with Gasteiger partial charge in [0, 0.05) is 12.7 Å². The summed E-state index contributed by atoms with van der Waals surface area (Å²) < 4.78 is 15.3. The normalized spacial score (nSPS) is 10.4. The van der Waals surface area contributed by atoms with Gasteiger partial charge in [-0.3, -0.25) is 9.48 Å². The maximum Gasteiger partial charge on any atom is 0.258 e. The highest BCUT2D eigenvalue weighted by molar-refractivity contribution is 6.04. The average molecular weight is 247 g/mol. The smallest absolute Gasteiger partial charge is 0.258 e. The van der Waals surface area contributed by atoms with Gasteiger partial charge in [-0.25, -0.2) is 4.39 Å². The number of benzene rings is 1. The van der Waals surface area contributed by atoms with E-state index in [0.29, 0.717) is 5.69 Å². The molecule has 0 aliphatic rings. The van der Waals surface area contributed by atoms with Gasteiger partial charge in [0.25, 0.3) is 5.91 Å². The topological polar surface area (TPSA) is 46.9 Å². The highest BCUT2D eigenvalue weighted by Crippen LogP contribution is 2.13. The van der Waals surface area contributed by atoms with Gasteiger partial charge in [0.1, 0.15) is 5.82 Å². The van der Waals surface area contributed by atoms with Crippen LogP contribution in [0.1, 0.15) is 22.8 Å². The number of halogens is 1. The molecule has 5 heteroatoms. The van der Waals surface area contributed by atoms with Gasteiger partial charge in [-0.05, 0) is 31.5 Å². The SMILES string of the molecule is CCn1cc(NC(=O)c2ccc(C)cc2F)cn1. The highest BCUT2D eigenvalue weighted by atomic mass is 19.1. The van der Waals surface area contributed by atoms with Crippen molar-refractivity contribution in [3.05, 3.63) is 47.5 Å². The van der Waals surface area contributed by atoms with Crippen molar-refractivity contribution in [1.29, 1.82) is 0 Å². The second kappa shape index (κ2) is 5.00. The first kappa shape index (κ1) is 12.3. The lowest BCUT2D eigenvalue weighted by Gasteiger charge is -2.04. The fraction of sp³-hybridized carbons (Fsp3) is 0.231. The van der Waals surface area contributed by atoms with Crippen LogP contribution in [0.4, 0.5) is 10.1 Å². The van der Waals surface area contributed by atoms with E-state index in [2.05, 4.69) is 10.4 Å². The van der Waals surface area contributed by atoms with Gasteiger partial charge in [-0.15, -0.1) is 0 Å². The quantitative estimate of drug-likeness (QED) is 0.906. The lowest BCUT2D eigenvalue weighted by Crippen LogP contribution is -2.13. The Hall–Kier alpha value is -2.17. The second-order valence-corrected chi connectivity index (χ2v) is 4.02. The van der Waals surface area contributed by atoms with Gasteiger partial charge >= 0.3 is 0 Å². The monoisotopic (exact) mass is 247 g/mol. The number of rotatable bonds is 3. The fourth-order valence-corrected chi connectivity index (χ4v) is 1.60. The van der Waals surface area contributed by atoms with Crippen molar-refractivity contribution in [3.8, 4) is 0 Å². The molecule has 1 N–H and O–H groups in total. The molecule has 1 aromatic heterocycles. The van der Waals surface area contributed by atoms with E-state index in [9.17, 15) is 9.18 Å². The number of carbonyl (C=O) groups excluding carboxylic acids is 1. The first-order valence-electron chi connectivity index (χ1n) is 5.70. The molecule has 0 spiro atoms. The van der Waals surface area contributed by atoms with E-state index in [1.54, 1.807) is 23.9 Å². The predicted octanol–water partition coefficient (Wildman–Crippen LogP) is 2.60. The zero-order valence-corrected chi connectivity index (χ0v) is 10.3. The van der Waals surface area contributed by atoms with Crippen LogP contribution < -0.4 is 5.32 Å². The molecular weight excluding hydrogens is 233 g/mol. The Labute approximate surface area is 104 Å². The fourth-order valence-electron chi connectivity index (χ4n) is 1.60. The van der Waals surface area contributed by atoms with E-state index in [-0.39, 0.29) is 5.56 Å². The molecule has 0 unspecified atom stereocenters. The largest absolute Gasteiger partial charge is 0.319 e. The van der Waals surface area contributed by atoms with Gasteiger partial charge in [0.05, 0.1) is 17.4 Å². The van der Waals surface area contributed by atoms with Crippen LogP contribution in [-0.4, -0.2) is 15.7 Å². The third kappa shape index (κ3) is 2.56. The highest BCUT2D eigenvalue weighted by Gasteiger charge is 2.12. The lowest BCUT2D eigenvalue weighted by molar-refractivity contribution is 0.102. The number of aromatic nitrogens is 2. The molecule has 0 aliphatic carbocycles. The number of aryl methyl sites for hydroxylation is 2. The molecule has 0 saturated heterocycles. The Morgan fingerprint density at radius 3 is 2.89 bits per heavy atom. The van der Waals surface area contributed by atoms with Crippen molar-refractivity contribution >= 4 is 11.6 Å². The van der Waals surface area contributed by atoms with Crippen molar-refractivity contribution < 1.29 is 9.18 Å². The Morgan fingerprint density at radius 2 is 2.28 bits per heavy atom. The van der Waals surface area contributed by atoms with Crippen molar-refractivity contribution in [1.82, 2.24) is 9.78 Å². The van der Waals surface area contributed by atoms with Crippen LogP contribution in [0.5, 0.6) is 0 Å². The van der Waals surface area contributed by atoms with Gasteiger partial charge in [0.2, 0.25) is 0 Å². The number of hydrogen-bond donors (Lipinski definition) is 1. The lowest BCUT2D eigenvalue weighted by atomic mass is 10.1. The summed E-state index contributed by atoms with van der Waals surface area (Å²) in [5, 5.41) is 6.64. The van der Waals surface area contributed by atoms with Crippen LogP contribution in [0.3, 0.4) is 0 Å². The van der Waals surface area contributed by atoms with Crippen molar-refractivity contribution in [2.24, 2.45) is 0 Å². The number of nitrogens with zero attached hydrogens (tertiary/aromatic N) is 2. The minimum atomic E-state index is -0.518. The molecule has 0 bridgehead atoms. The van der Waals surface area contributed by atoms with Gasteiger partial charge in [-0.1, -0.05) is 6.07 Å². The molecule has 94 valence electrons. The Kier molecular flexibility index (Phi) is 3.41. The molecule has 2 rings (SSSR count). The molecule has 1 amide bonds. The molecule has 0 fully saturated rings. The molecule has 0 aliphatic heterocycles. The molecule has 1 aromatic carbocycles. The number of amides is 1. The van der Waals surface area contributed by atoms with E-state index in [0.717, 1.165) is 12.1 Å². The molecule has 1 heterocycles. The maximum atomic E-state index is 13.6. The summed E-state index contributed by atoms with van der Waals surface area (Å²) in [7, 11) is 0. The summed E-state index contributed by atoms with van der Waals surface area (Å²) in [6.07, 6.45) is 3.23. The minimum absolute atomic E-state index is 0.0323. The van der Waals surface area contributed by atoms with Crippen LogP contribution in [0.15, 0.2) is 30.6 Å². The predicted molar refractivity (Wildman–Crippen MR) is 67.0 cm³/mol. The molecular formula is C13H14FN3O. The summed E-state index contributed by atoms with van der Waals surface area (Å²) in [5.74, 6) is -0.987. The van der Waals surface area contributed by atoms with Crippen molar-refractivity contribution in [3.63, 3.8) is 0 Å². The zero-order chi connectivity index (χ0) is 13.1. The zero-order valence-electron chi connectivity index (χ0n) is 10.3. The summed E-state index contributed by atoms with van der Waals surface area (Å²) in [4.78, 5) is 11.9. The van der Waals surface area contributed by atoms with Crippen LogP contribution in [0.25, 0.3) is 0 Å². The van der Waals surface area contributed by atoms with Crippen molar-refractivity contribution in [2.45, 2.75) is 20.4 Å². The van der Waals surface area contributed by atoms with E-state index >= 15 is 0 Å². The van der Waals surface area contributed by atoms with E-state index in [4.69, 9.17) is 0 Å². The third-order valence-electron chi connectivity index (χ3n) is 2.58. The molecule has 2 aromatic rings. The number of hydrogen-bond acceptors (Lipinski definition) is 2. The van der Waals surface area contributed by atoms with E-state index < -0.39 is 11.7 Å². The van der Waals surface area contributed by atoms with Crippen LogP contribution >= 0.6 is 0 Å². The first-order valence-corrected chi connectivity index (χ1v) is 5.70. The second-order valence-electron chi connectivity index (χ2n) is 4.02. The van der Waals surface area contributed by atoms with Crippen LogP contribution in [-0.2, 0) is 6.54 Å². The number of carbonyl (C=O) groups is 1.